The molecule has 0 saturated carbocycles. The molecule has 0 atom stereocenters. The SMILES string of the molecule is Cn1c(=O)n(-c2ccc(-c3nc4ccc(Cl)cc4[nH]3)cc2)c2cccnc21. The summed E-state index contributed by atoms with van der Waals surface area (Å²) in [7, 11) is 1.72. The summed E-state index contributed by atoms with van der Waals surface area (Å²) in [4.78, 5) is 24.8. The molecule has 2 aromatic carbocycles. The van der Waals surface area contributed by atoms with E-state index in [2.05, 4.69) is 15.0 Å². The molecule has 0 saturated heterocycles. The molecular formula is C20H14ClN5O. The number of pyridine rings is 1. The Morgan fingerprint density at radius 3 is 2.70 bits per heavy atom. The number of aryl methyl sites for hydroxylation is 1. The fraction of sp³-hybridized carbons (Fsp3) is 0.0500. The summed E-state index contributed by atoms with van der Waals surface area (Å²) in [5.74, 6) is 0.755. The quantitative estimate of drug-likeness (QED) is 0.508. The second kappa shape index (κ2) is 5.82. The first-order valence-electron chi connectivity index (χ1n) is 8.40. The maximum absolute atomic E-state index is 12.6. The highest BCUT2D eigenvalue weighted by molar-refractivity contribution is 6.31. The molecule has 0 aliphatic rings. The van der Waals surface area contributed by atoms with Gasteiger partial charge in [-0.15, -0.1) is 0 Å². The molecule has 0 amide bonds. The summed E-state index contributed by atoms with van der Waals surface area (Å²) in [6.07, 6.45) is 1.68. The highest BCUT2D eigenvalue weighted by Gasteiger charge is 2.13. The summed E-state index contributed by atoms with van der Waals surface area (Å²) in [6.45, 7) is 0. The number of hydrogen-bond acceptors (Lipinski definition) is 3. The minimum atomic E-state index is -0.130. The number of aromatic amines is 1. The first kappa shape index (κ1) is 15.8. The van der Waals surface area contributed by atoms with Gasteiger partial charge in [-0.25, -0.2) is 14.8 Å². The molecule has 0 radical (unpaired) electrons. The number of H-pyrrole nitrogens is 1. The van der Waals surface area contributed by atoms with Crippen LogP contribution in [0.1, 0.15) is 0 Å². The van der Waals surface area contributed by atoms with E-state index in [9.17, 15) is 4.79 Å². The lowest BCUT2D eigenvalue weighted by Gasteiger charge is -2.04. The maximum Gasteiger partial charge on any atom is 0.334 e. The van der Waals surface area contributed by atoms with Crippen molar-refractivity contribution in [2.75, 3.05) is 0 Å². The van der Waals surface area contributed by atoms with Gasteiger partial charge < -0.3 is 4.98 Å². The highest BCUT2D eigenvalue weighted by Crippen LogP contribution is 2.24. The van der Waals surface area contributed by atoms with Crippen molar-refractivity contribution in [1.82, 2.24) is 24.1 Å². The molecule has 5 aromatic rings. The van der Waals surface area contributed by atoms with Crippen LogP contribution in [-0.2, 0) is 7.05 Å². The summed E-state index contributed by atoms with van der Waals surface area (Å²) >= 11 is 6.04. The van der Waals surface area contributed by atoms with Crippen molar-refractivity contribution < 1.29 is 0 Å². The minimum Gasteiger partial charge on any atom is -0.338 e. The van der Waals surface area contributed by atoms with Gasteiger partial charge in [0.15, 0.2) is 5.65 Å². The second-order valence-electron chi connectivity index (χ2n) is 6.32. The smallest absolute Gasteiger partial charge is 0.334 e. The number of nitrogens with zero attached hydrogens (tertiary/aromatic N) is 4. The van der Waals surface area contributed by atoms with Crippen LogP contribution < -0.4 is 5.69 Å². The lowest BCUT2D eigenvalue weighted by atomic mass is 10.2. The van der Waals surface area contributed by atoms with Crippen molar-refractivity contribution in [2.24, 2.45) is 7.05 Å². The lowest BCUT2D eigenvalue weighted by molar-refractivity contribution is 0.839. The fourth-order valence-corrected chi connectivity index (χ4v) is 3.47. The Morgan fingerprint density at radius 2 is 1.89 bits per heavy atom. The van der Waals surface area contributed by atoms with E-state index < -0.39 is 0 Å². The van der Waals surface area contributed by atoms with E-state index in [0.717, 1.165) is 33.6 Å². The molecule has 0 unspecified atom stereocenters. The van der Waals surface area contributed by atoms with Gasteiger partial charge in [0.2, 0.25) is 0 Å². The van der Waals surface area contributed by atoms with Gasteiger partial charge >= 0.3 is 5.69 Å². The van der Waals surface area contributed by atoms with Crippen LogP contribution in [0.15, 0.2) is 65.6 Å². The molecule has 3 aromatic heterocycles. The van der Waals surface area contributed by atoms with Crippen molar-refractivity contribution in [3.05, 3.63) is 76.3 Å². The Bertz CT molecular complexity index is 1360. The van der Waals surface area contributed by atoms with Gasteiger partial charge in [0.05, 0.1) is 22.2 Å². The Balaban J connectivity index is 1.61. The molecule has 7 heteroatoms. The van der Waals surface area contributed by atoms with E-state index in [1.54, 1.807) is 22.4 Å². The third kappa shape index (κ3) is 2.45. The van der Waals surface area contributed by atoms with Crippen molar-refractivity contribution in [3.8, 4) is 17.1 Å². The zero-order valence-corrected chi connectivity index (χ0v) is 15.1. The van der Waals surface area contributed by atoms with E-state index in [1.165, 1.54) is 0 Å². The third-order valence-electron chi connectivity index (χ3n) is 4.65. The molecule has 3 heterocycles. The van der Waals surface area contributed by atoms with Crippen LogP contribution in [0.5, 0.6) is 0 Å². The van der Waals surface area contributed by atoms with Gasteiger partial charge in [-0.05, 0) is 54.6 Å². The molecule has 5 rings (SSSR count). The van der Waals surface area contributed by atoms with Crippen molar-refractivity contribution in [2.45, 2.75) is 0 Å². The standard InChI is InChI=1S/C20H14ClN5O/c1-25-19-17(3-2-10-22-19)26(20(25)27)14-7-4-12(5-8-14)18-23-15-9-6-13(21)11-16(15)24-18/h2-11H,1H3,(H,23,24). The van der Waals surface area contributed by atoms with Gasteiger partial charge in [-0.2, -0.15) is 0 Å². The fourth-order valence-electron chi connectivity index (χ4n) is 3.30. The van der Waals surface area contributed by atoms with Crippen LogP contribution >= 0.6 is 11.6 Å². The molecule has 6 nitrogen and oxygen atoms in total. The zero-order valence-electron chi connectivity index (χ0n) is 14.3. The third-order valence-corrected chi connectivity index (χ3v) is 4.88. The number of benzene rings is 2. The largest absolute Gasteiger partial charge is 0.338 e. The average molecular weight is 376 g/mol. The van der Waals surface area contributed by atoms with E-state index in [-0.39, 0.29) is 5.69 Å². The number of rotatable bonds is 2. The Kier molecular flexibility index (Phi) is 3.42. The van der Waals surface area contributed by atoms with E-state index in [0.29, 0.717) is 10.7 Å². The first-order valence-corrected chi connectivity index (χ1v) is 8.78. The maximum atomic E-state index is 12.6. The van der Waals surface area contributed by atoms with Crippen LogP contribution in [-0.4, -0.2) is 24.1 Å². The van der Waals surface area contributed by atoms with E-state index >= 15 is 0 Å². The number of fused-ring (bicyclic) bond motifs is 2. The van der Waals surface area contributed by atoms with Crippen LogP contribution in [0.3, 0.4) is 0 Å². The van der Waals surface area contributed by atoms with Gasteiger partial charge in [0, 0.05) is 23.8 Å². The Morgan fingerprint density at radius 1 is 1.07 bits per heavy atom. The van der Waals surface area contributed by atoms with Gasteiger partial charge in [-0.3, -0.25) is 9.13 Å². The summed E-state index contributed by atoms with van der Waals surface area (Å²) in [5, 5.41) is 0.664. The summed E-state index contributed by atoms with van der Waals surface area (Å²) < 4.78 is 3.21. The van der Waals surface area contributed by atoms with Gasteiger partial charge in [0.25, 0.3) is 0 Å². The second-order valence-corrected chi connectivity index (χ2v) is 6.75. The van der Waals surface area contributed by atoms with Gasteiger partial charge in [-0.1, -0.05) is 11.6 Å². The first-order chi connectivity index (χ1) is 13.1. The molecule has 0 aliphatic heterocycles. The monoisotopic (exact) mass is 375 g/mol. The molecule has 0 fully saturated rings. The average Bonchev–Trinajstić information content (AvgIpc) is 3.21. The molecule has 1 N–H and O–H groups in total. The van der Waals surface area contributed by atoms with E-state index in [4.69, 9.17) is 11.6 Å². The zero-order chi connectivity index (χ0) is 18.5. The van der Waals surface area contributed by atoms with Crippen LogP contribution in [0, 0.1) is 0 Å². The van der Waals surface area contributed by atoms with Crippen molar-refractivity contribution >= 4 is 33.8 Å². The summed E-state index contributed by atoms with van der Waals surface area (Å²) in [6, 6.07) is 17.0. The van der Waals surface area contributed by atoms with Gasteiger partial charge in [0.1, 0.15) is 5.82 Å². The van der Waals surface area contributed by atoms with Crippen molar-refractivity contribution in [3.63, 3.8) is 0 Å². The topological polar surface area (TPSA) is 68.5 Å². The number of imidazole rings is 2. The molecule has 0 bridgehead atoms. The molecule has 0 spiro atoms. The number of aromatic nitrogens is 5. The molecule has 0 aliphatic carbocycles. The molecular weight excluding hydrogens is 362 g/mol. The predicted molar refractivity (Wildman–Crippen MR) is 106 cm³/mol. The Labute approximate surface area is 158 Å². The number of nitrogens with one attached hydrogen (secondary N) is 1. The molecule has 132 valence electrons. The minimum absolute atomic E-state index is 0.130. The Hall–Kier alpha value is -3.38. The summed E-state index contributed by atoms with van der Waals surface area (Å²) in [5.41, 5.74) is 4.75. The van der Waals surface area contributed by atoms with E-state index in [1.807, 2.05) is 54.6 Å². The lowest BCUT2D eigenvalue weighted by Crippen LogP contribution is -2.20. The van der Waals surface area contributed by atoms with Crippen molar-refractivity contribution in [1.29, 1.82) is 0 Å². The predicted octanol–water partition coefficient (Wildman–Crippen LogP) is 3.92. The molecule has 27 heavy (non-hydrogen) atoms. The normalized spacial score (nSPS) is 11.5. The number of hydrogen-bond donors (Lipinski definition) is 1. The highest BCUT2D eigenvalue weighted by atomic mass is 35.5. The van der Waals surface area contributed by atoms with Crippen LogP contribution in [0.2, 0.25) is 5.02 Å². The van der Waals surface area contributed by atoms with Crippen LogP contribution in [0.4, 0.5) is 0 Å². The van der Waals surface area contributed by atoms with Crippen LogP contribution in [0.25, 0.3) is 39.3 Å². The number of halogens is 1.